The van der Waals surface area contributed by atoms with E-state index in [0.29, 0.717) is 12.8 Å². The predicted octanol–water partition coefficient (Wildman–Crippen LogP) is 2.55. The van der Waals surface area contributed by atoms with Crippen molar-refractivity contribution >= 4 is 0 Å². The van der Waals surface area contributed by atoms with E-state index >= 15 is 0 Å². The molecule has 0 heterocycles. The van der Waals surface area contributed by atoms with Gasteiger partial charge in [-0.05, 0) is 19.8 Å². The normalized spacial score (nSPS) is 24.0. The summed E-state index contributed by atoms with van der Waals surface area (Å²) >= 11 is 0. The smallest absolute Gasteiger partial charge is 0.265 e. The first-order valence-electron chi connectivity index (χ1n) is 4.68. The molecular formula is C9H17F2N. The quantitative estimate of drug-likeness (QED) is 0.689. The summed E-state index contributed by atoms with van der Waals surface area (Å²) in [4.78, 5) is 0. The predicted molar refractivity (Wildman–Crippen MR) is 45.2 cm³/mol. The number of alkyl halides is 2. The van der Waals surface area contributed by atoms with Crippen LogP contribution in [0, 0.1) is 5.92 Å². The zero-order valence-electron chi connectivity index (χ0n) is 7.52. The molecule has 0 aromatic carbocycles. The van der Waals surface area contributed by atoms with Gasteiger partial charge in [0.25, 0.3) is 5.92 Å². The Kier molecular flexibility index (Phi) is 3.04. The third kappa shape index (κ3) is 1.94. The van der Waals surface area contributed by atoms with E-state index in [9.17, 15) is 8.78 Å². The Labute approximate surface area is 72.3 Å². The highest BCUT2D eigenvalue weighted by atomic mass is 19.3. The van der Waals surface area contributed by atoms with Crippen molar-refractivity contribution in [3.8, 4) is 0 Å². The molecule has 0 bridgehead atoms. The Bertz CT molecular complexity index is 139. The number of nitrogens with two attached hydrogens (primary N) is 1. The molecule has 1 fully saturated rings. The standard InChI is InChI=1S/C9H17F2N/c1-7(12)9(10,11)8-5-3-2-4-6-8/h7-8H,2-6,12H2,1H3. The summed E-state index contributed by atoms with van der Waals surface area (Å²) in [6.07, 6.45) is 4.27. The van der Waals surface area contributed by atoms with Crippen molar-refractivity contribution in [2.24, 2.45) is 11.7 Å². The maximum atomic E-state index is 13.3. The van der Waals surface area contributed by atoms with E-state index in [1.165, 1.54) is 6.92 Å². The summed E-state index contributed by atoms with van der Waals surface area (Å²) in [7, 11) is 0. The molecule has 0 aromatic rings. The zero-order chi connectivity index (χ0) is 9.19. The molecule has 1 unspecified atom stereocenters. The molecule has 1 saturated carbocycles. The summed E-state index contributed by atoms with van der Waals surface area (Å²) in [6, 6.07) is -0.999. The van der Waals surface area contributed by atoms with Crippen LogP contribution in [0.1, 0.15) is 39.0 Å². The second-order valence-electron chi connectivity index (χ2n) is 3.80. The van der Waals surface area contributed by atoms with Crippen LogP contribution < -0.4 is 5.73 Å². The molecular weight excluding hydrogens is 160 g/mol. The summed E-state index contributed by atoms with van der Waals surface area (Å²) in [5.74, 6) is -3.12. The molecule has 0 spiro atoms. The Morgan fingerprint density at radius 3 is 2.17 bits per heavy atom. The van der Waals surface area contributed by atoms with Crippen LogP contribution >= 0.6 is 0 Å². The lowest BCUT2D eigenvalue weighted by molar-refractivity contribution is -0.0867. The van der Waals surface area contributed by atoms with Gasteiger partial charge in [-0.1, -0.05) is 19.3 Å². The van der Waals surface area contributed by atoms with Gasteiger partial charge in [0.1, 0.15) is 0 Å². The fourth-order valence-electron chi connectivity index (χ4n) is 1.86. The average Bonchev–Trinajstić information content (AvgIpc) is 2.06. The lowest BCUT2D eigenvalue weighted by Gasteiger charge is -2.32. The van der Waals surface area contributed by atoms with Crippen LogP contribution in [0.4, 0.5) is 8.78 Å². The molecule has 1 nitrogen and oxygen atoms in total. The first kappa shape index (κ1) is 9.90. The third-order valence-corrected chi connectivity index (χ3v) is 2.76. The Hall–Kier alpha value is -0.180. The van der Waals surface area contributed by atoms with Gasteiger partial charge in [0, 0.05) is 5.92 Å². The van der Waals surface area contributed by atoms with Gasteiger partial charge < -0.3 is 5.73 Å². The van der Waals surface area contributed by atoms with Crippen LogP contribution in [0.15, 0.2) is 0 Å². The van der Waals surface area contributed by atoms with Crippen LogP contribution in [0.3, 0.4) is 0 Å². The SMILES string of the molecule is CC(N)C(F)(F)C1CCCCC1. The highest BCUT2D eigenvalue weighted by Crippen LogP contribution is 2.37. The summed E-state index contributed by atoms with van der Waals surface area (Å²) in [6.45, 7) is 1.40. The molecule has 0 amide bonds. The minimum atomic E-state index is -2.65. The Morgan fingerprint density at radius 2 is 1.75 bits per heavy atom. The lowest BCUT2D eigenvalue weighted by atomic mass is 9.82. The van der Waals surface area contributed by atoms with Gasteiger partial charge in [-0.2, -0.15) is 0 Å². The van der Waals surface area contributed by atoms with Gasteiger partial charge in [-0.15, -0.1) is 0 Å². The minimum Gasteiger partial charge on any atom is -0.323 e. The van der Waals surface area contributed by atoms with Gasteiger partial charge in [0.05, 0.1) is 6.04 Å². The van der Waals surface area contributed by atoms with Crippen LogP contribution in [-0.4, -0.2) is 12.0 Å². The molecule has 12 heavy (non-hydrogen) atoms. The second-order valence-corrected chi connectivity index (χ2v) is 3.80. The van der Waals surface area contributed by atoms with Crippen molar-refractivity contribution in [1.29, 1.82) is 0 Å². The van der Waals surface area contributed by atoms with E-state index in [0.717, 1.165) is 19.3 Å². The van der Waals surface area contributed by atoms with E-state index in [-0.39, 0.29) is 0 Å². The van der Waals surface area contributed by atoms with Crippen molar-refractivity contribution in [1.82, 2.24) is 0 Å². The fourth-order valence-corrected chi connectivity index (χ4v) is 1.86. The number of rotatable bonds is 2. The van der Waals surface area contributed by atoms with Crippen molar-refractivity contribution in [2.75, 3.05) is 0 Å². The van der Waals surface area contributed by atoms with Gasteiger partial charge in [-0.25, -0.2) is 8.78 Å². The van der Waals surface area contributed by atoms with E-state index in [4.69, 9.17) is 5.73 Å². The number of hydrogen-bond acceptors (Lipinski definition) is 1. The van der Waals surface area contributed by atoms with Crippen LogP contribution in [0.25, 0.3) is 0 Å². The maximum Gasteiger partial charge on any atom is 0.265 e. The largest absolute Gasteiger partial charge is 0.323 e. The van der Waals surface area contributed by atoms with Gasteiger partial charge in [0.15, 0.2) is 0 Å². The Balaban J connectivity index is 2.53. The molecule has 0 radical (unpaired) electrons. The first-order chi connectivity index (χ1) is 5.55. The van der Waals surface area contributed by atoms with E-state index < -0.39 is 17.9 Å². The molecule has 0 saturated heterocycles. The monoisotopic (exact) mass is 177 g/mol. The van der Waals surface area contributed by atoms with Crippen molar-refractivity contribution < 1.29 is 8.78 Å². The topological polar surface area (TPSA) is 26.0 Å². The third-order valence-electron chi connectivity index (χ3n) is 2.76. The second kappa shape index (κ2) is 3.69. The molecule has 0 aliphatic heterocycles. The first-order valence-corrected chi connectivity index (χ1v) is 4.68. The molecule has 0 aromatic heterocycles. The zero-order valence-corrected chi connectivity index (χ0v) is 7.52. The Morgan fingerprint density at radius 1 is 1.25 bits per heavy atom. The van der Waals surface area contributed by atoms with Gasteiger partial charge >= 0.3 is 0 Å². The molecule has 2 N–H and O–H groups in total. The molecule has 1 atom stereocenters. The summed E-state index contributed by atoms with van der Waals surface area (Å²) < 4.78 is 26.6. The van der Waals surface area contributed by atoms with Crippen molar-refractivity contribution in [3.05, 3.63) is 0 Å². The van der Waals surface area contributed by atoms with E-state index in [1.54, 1.807) is 0 Å². The molecule has 72 valence electrons. The molecule has 1 rings (SSSR count). The lowest BCUT2D eigenvalue weighted by Crippen LogP contribution is -2.45. The van der Waals surface area contributed by atoms with Crippen LogP contribution in [0.5, 0.6) is 0 Å². The van der Waals surface area contributed by atoms with Crippen LogP contribution in [-0.2, 0) is 0 Å². The minimum absolute atomic E-state index is 0.466. The van der Waals surface area contributed by atoms with E-state index in [1.807, 2.05) is 0 Å². The highest BCUT2D eigenvalue weighted by molar-refractivity contribution is 4.86. The van der Waals surface area contributed by atoms with E-state index in [2.05, 4.69) is 0 Å². The fraction of sp³-hybridized carbons (Fsp3) is 1.00. The summed E-state index contributed by atoms with van der Waals surface area (Å²) in [5.41, 5.74) is 5.25. The molecule has 1 aliphatic rings. The van der Waals surface area contributed by atoms with Gasteiger partial charge in [0.2, 0.25) is 0 Å². The van der Waals surface area contributed by atoms with Crippen LogP contribution in [0.2, 0.25) is 0 Å². The maximum absolute atomic E-state index is 13.3. The highest BCUT2D eigenvalue weighted by Gasteiger charge is 2.42. The number of hydrogen-bond donors (Lipinski definition) is 1. The van der Waals surface area contributed by atoms with Gasteiger partial charge in [-0.3, -0.25) is 0 Å². The molecule has 1 aliphatic carbocycles. The molecule has 3 heteroatoms. The van der Waals surface area contributed by atoms with Crippen molar-refractivity contribution in [3.63, 3.8) is 0 Å². The van der Waals surface area contributed by atoms with Crippen molar-refractivity contribution in [2.45, 2.75) is 51.0 Å². The summed E-state index contributed by atoms with van der Waals surface area (Å²) in [5, 5.41) is 0. The number of halogens is 2. The average molecular weight is 177 g/mol.